The first-order chi connectivity index (χ1) is 13.7. The molecule has 0 radical (unpaired) electrons. The zero-order valence-corrected chi connectivity index (χ0v) is 16.6. The molecule has 1 aliphatic heterocycles. The Morgan fingerprint density at radius 3 is 2.75 bits per heavy atom. The molecule has 142 valence electrons. The Morgan fingerprint density at radius 1 is 1.11 bits per heavy atom. The number of rotatable bonds is 3. The standard InChI is InChI=1S/C22H22N4OS/c1-14(20-23-17-9-3-2-8-16(17)21(27)25-20)26-12-6-7-15(13-26)22-24-18-10-4-5-11-19(18)28-22/h2-5,8-11,14-15H,6-7,12-13H2,1H3,(H,23,25,27)/t14-,15+/m1/s1. The molecule has 0 aliphatic carbocycles. The molecule has 1 N–H and O–H groups in total. The fourth-order valence-corrected chi connectivity index (χ4v) is 5.19. The lowest BCUT2D eigenvalue weighted by molar-refractivity contribution is 0.153. The summed E-state index contributed by atoms with van der Waals surface area (Å²) in [7, 11) is 0. The van der Waals surface area contributed by atoms with Crippen LogP contribution in [-0.4, -0.2) is 32.9 Å². The van der Waals surface area contributed by atoms with E-state index in [0.29, 0.717) is 11.3 Å². The quantitative estimate of drug-likeness (QED) is 0.560. The van der Waals surface area contributed by atoms with Crippen molar-refractivity contribution < 1.29 is 0 Å². The lowest BCUT2D eigenvalue weighted by Crippen LogP contribution is -2.37. The van der Waals surface area contributed by atoms with Gasteiger partial charge in [-0.2, -0.15) is 0 Å². The van der Waals surface area contributed by atoms with Crippen LogP contribution in [0.25, 0.3) is 21.1 Å². The van der Waals surface area contributed by atoms with Crippen LogP contribution in [0.15, 0.2) is 53.3 Å². The van der Waals surface area contributed by atoms with E-state index >= 15 is 0 Å². The Balaban J connectivity index is 1.42. The third-order valence-electron chi connectivity index (χ3n) is 5.69. The second-order valence-corrected chi connectivity index (χ2v) is 8.56. The molecule has 0 saturated carbocycles. The summed E-state index contributed by atoms with van der Waals surface area (Å²) < 4.78 is 1.25. The van der Waals surface area contributed by atoms with Crippen molar-refractivity contribution in [1.29, 1.82) is 0 Å². The molecule has 2 aromatic heterocycles. The monoisotopic (exact) mass is 390 g/mol. The number of piperidine rings is 1. The maximum atomic E-state index is 12.4. The second-order valence-electron chi connectivity index (χ2n) is 7.50. The summed E-state index contributed by atoms with van der Waals surface area (Å²) in [4.78, 5) is 27.5. The van der Waals surface area contributed by atoms with E-state index in [1.807, 2.05) is 30.3 Å². The van der Waals surface area contributed by atoms with Gasteiger partial charge in [0.05, 0.1) is 32.2 Å². The minimum Gasteiger partial charge on any atom is -0.309 e. The minimum atomic E-state index is -0.0628. The number of hydrogen-bond acceptors (Lipinski definition) is 5. The Kier molecular flexibility index (Phi) is 4.45. The third-order valence-corrected chi connectivity index (χ3v) is 6.89. The second kappa shape index (κ2) is 7.11. The summed E-state index contributed by atoms with van der Waals surface area (Å²) in [5.74, 6) is 1.18. The molecule has 6 heteroatoms. The summed E-state index contributed by atoms with van der Waals surface area (Å²) in [6.07, 6.45) is 2.29. The highest BCUT2D eigenvalue weighted by atomic mass is 32.1. The van der Waals surface area contributed by atoms with Crippen LogP contribution < -0.4 is 5.56 Å². The van der Waals surface area contributed by atoms with E-state index in [9.17, 15) is 4.79 Å². The van der Waals surface area contributed by atoms with E-state index in [1.165, 1.54) is 9.71 Å². The largest absolute Gasteiger partial charge is 0.309 e. The molecule has 0 spiro atoms. The Morgan fingerprint density at radius 2 is 1.89 bits per heavy atom. The molecule has 2 aromatic carbocycles. The first-order valence-electron chi connectivity index (χ1n) is 9.77. The van der Waals surface area contributed by atoms with Gasteiger partial charge in [-0.25, -0.2) is 9.97 Å². The molecule has 2 atom stereocenters. The normalized spacial score (nSPS) is 19.2. The number of aromatic nitrogens is 3. The molecule has 5 rings (SSSR count). The van der Waals surface area contributed by atoms with Gasteiger partial charge in [0, 0.05) is 12.5 Å². The number of nitrogens with one attached hydrogen (secondary N) is 1. The summed E-state index contributed by atoms with van der Waals surface area (Å²) in [6.45, 7) is 4.09. The topological polar surface area (TPSA) is 61.9 Å². The summed E-state index contributed by atoms with van der Waals surface area (Å²) in [5.41, 5.74) is 1.79. The molecule has 1 aliphatic rings. The van der Waals surface area contributed by atoms with E-state index in [4.69, 9.17) is 9.97 Å². The van der Waals surface area contributed by atoms with Gasteiger partial charge in [-0.1, -0.05) is 24.3 Å². The van der Waals surface area contributed by atoms with Gasteiger partial charge in [-0.15, -0.1) is 11.3 Å². The smallest absolute Gasteiger partial charge is 0.258 e. The number of thiazole rings is 1. The SMILES string of the molecule is C[C@H](c1nc2ccccc2c(=O)[nH]1)N1CCC[C@H](c2nc3ccccc3s2)C1. The first-order valence-corrected chi connectivity index (χ1v) is 10.6. The van der Waals surface area contributed by atoms with Gasteiger partial charge in [0.15, 0.2) is 0 Å². The first kappa shape index (κ1) is 17.5. The maximum absolute atomic E-state index is 12.4. The van der Waals surface area contributed by atoms with Crippen molar-refractivity contribution in [3.63, 3.8) is 0 Å². The molecule has 0 bridgehead atoms. The lowest BCUT2D eigenvalue weighted by atomic mass is 9.97. The van der Waals surface area contributed by atoms with Crippen molar-refractivity contribution in [1.82, 2.24) is 19.9 Å². The predicted octanol–water partition coefficient (Wildman–Crippen LogP) is 4.47. The third kappa shape index (κ3) is 3.12. The molecule has 5 nitrogen and oxygen atoms in total. The van der Waals surface area contributed by atoms with Crippen molar-refractivity contribution in [2.75, 3.05) is 13.1 Å². The summed E-state index contributed by atoms with van der Waals surface area (Å²) in [5, 5.41) is 1.86. The number of fused-ring (bicyclic) bond motifs is 2. The number of hydrogen-bond donors (Lipinski definition) is 1. The number of likely N-dealkylation sites (tertiary alicyclic amines) is 1. The maximum Gasteiger partial charge on any atom is 0.258 e. The molecular weight excluding hydrogens is 368 g/mol. The van der Waals surface area contributed by atoms with Crippen molar-refractivity contribution >= 4 is 32.5 Å². The minimum absolute atomic E-state index is 0.0628. The van der Waals surface area contributed by atoms with Gasteiger partial charge in [0.25, 0.3) is 5.56 Å². The number of H-pyrrole nitrogens is 1. The molecule has 28 heavy (non-hydrogen) atoms. The van der Waals surface area contributed by atoms with Crippen molar-refractivity contribution in [3.05, 3.63) is 69.7 Å². The molecule has 3 heterocycles. The highest BCUT2D eigenvalue weighted by Gasteiger charge is 2.28. The van der Waals surface area contributed by atoms with Gasteiger partial charge in [-0.05, 0) is 50.6 Å². The van der Waals surface area contributed by atoms with E-state index < -0.39 is 0 Å². The van der Waals surface area contributed by atoms with Crippen LogP contribution in [0.3, 0.4) is 0 Å². The van der Waals surface area contributed by atoms with E-state index in [-0.39, 0.29) is 11.6 Å². The van der Waals surface area contributed by atoms with Crippen LogP contribution >= 0.6 is 11.3 Å². The summed E-state index contributed by atoms with van der Waals surface area (Å²) in [6, 6.07) is 15.9. The average molecular weight is 391 g/mol. The fourth-order valence-electron chi connectivity index (χ4n) is 4.10. The van der Waals surface area contributed by atoms with Crippen molar-refractivity contribution in [2.45, 2.75) is 31.7 Å². The van der Waals surface area contributed by atoms with Gasteiger partial charge in [-0.3, -0.25) is 9.69 Å². The Labute approximate surface area is 167 Å². The molecular formula is C22H22N4OS. The van der Waals surface area contributed by atoms with E-state index in [2.05, 4.69) is 35.0 Å². The zero-order chi connectivity index (χ0) is 19.1. The molecule has 0 amide bonds. The van der Waals surface area contributed by atoms with Crippen molar-refractivity contribution in [2.24, 2.45) is 0 Å². The highest BCUT2D eigenvalue weighted by molar-refractivity contribution is 7.18. The zero-order valence-electron chi connectivity index (χ0n) is 15.8. The van der Waals surface area contributed by atoms with Crippen LogP contribution in [-0.2, 0) is 0 Å². The van der Waals surface area contributed by atoms with E-state index in [0.717, 1.165) is 42.8 Å². The van der Waals surface area contributed by atoms with Crippen LogP contribution in [0.4, 0.5) is 0 Å². The van der Waals surface area contributed by atoms with Crippen LogP contribution in [0, 0.1) is 0 Å². The molecule has 1 saturated heterocycles. The molecule has 0 unspecified atom stereocenters. The summed E-state index contributed by atoms with van der Waals surface area (Å²) >= 11 is 1.81. The molecule has 1 fully saturated rings. The van der Waals surface area contributed by atoms with Crippen LogP contribution in [0.5, 0.6) is 0 Å². The Bertz CT molecular complexity index is 1160. The Hall–Kier alpha value is -2.57. The van der Waals surface area contributed by atoms with Crippen molar-refractivity contribution in [3.8, 4) is 0 Å². The van der Waals surface area contributed by atoms with Crippen LogP contribution in [0.2, 0.25) is 0 Å². The average Bonchev–Trinajstić information content (AvgIpc) is 3.18. The number of benzene rings is 2. The number of nitrogens with zero attached hydrogens (tertiary/aromatic N) is 3. The number of aromatic amines is 1. The van der Waals surface area contributed by atoms with Gasteiger partial charge >= 0.3 is 0 Å². The molecule has 4 aromatic rings. The van der Waals surface area contributed by atoms with Crippen LogP contribution in [0.1, 0.15) is 42.6 Å². The van der Waals surface area contributed by atoms with Gasteiger partial charge in [0.1, 0.15) is 5.82 Å². The predicted molar refractivity (Wildman–Crippen MR) is 114 cm³/mol. The van der Waals surface area contributed by atoms with E-state index in [1.54, 1.807) is 11.3 Å². The number of para-hydroxylation sites is 2. The lowest BCUT2D eigenvalue weighted by Gasteiger charge is -2.35. The van der Waals surface area contributed by atoms with Gasteiger partial charge < -0.3 is 4.98 Å². The highest BCUT2D eigenvalue weighted by Crippen LogP contribution is 2.35. The van der Waals surface area contributed by atoms with Gasteiger partial charge in [0.2, 0.25) is 0 Å². The fraction of sp³-hybridized carbons (Fsp3) is 0.318.